The fourth-order valence-corrected chi connectivity index (χ4v) is 4.07. The van der Waals surface area contributed by atoms with Crippen molar-refractivity contribution in [3.63, 3.8) is 0 Å². The van der Waals surface area contributed by atoms with E-state index in [1.54, 1.807) is 19.4 Å². The van der Waals surface area contributed by atoms with Crippen molar-refractivity contribution in [1.29, 1.82) is 0 Å². The molecule has 2 aliphatic rings. The van der Waals surface area contributed by atoms with E-state index in [0.717, 1.165) is 17.7 Å². The molecule has 142 valence electrons. The Bertz CT molecular complexity index is 846. The van der Waals surface area contributed by atoms with E-state index in [0.29, 0.717) is 18.8 Å². The number of benzene rings is 1. The van der Waals surface area contributed by atoms with Crippen molar-refractivity contribution in [3.8, 4) is 5.75 Å². The largest absolute Gasteiger partial charge is 0.497 e. The lowest BCUT2D eigenvalue weighted by molar-refractivity contribution is 0.185. The molecule has 0 spiro atoms. The van der Waals surface area contributed by atoms with Crippen LogP contribution in [-0.4, -0.2) is 48.2 Å². The number of nitrogens with one attached hydrogen (secondary N) is 1. The van der Waals surface area contributed by atoms with Crippen molar-refractivity contribution in [3.05, 3.63) is 54.1 Å². The number of amides is 2. The Hall–Kier alpha value is -2.83. The molecule has 27 heavy (non-hydrogen) atoms. The number of carbonyl (C=O) groups excluding carboxylic acids is 1. The highest BCUT2D eigenvalue weighted by molar-refractivity contribution is 5.76. The van der Waals surface area contributed by atoms with Crippen molar-refractivity contribution in [2.24, 2.45) is 0 Å². The maximum absolute atomic E-state index is 14.0. The lowest BCUT2D eigenvalue weighted by Gasteiger charge is -2.36. The summed E-state index contributed by atoms with van der Waals surface area (Å²) >= 11 is 0. The molecule has 2 saturated heterocycles. The fourth-order valence-electron chi connectivity index (χ4n) is 4.07. The van der Waals surface area contributed by atoms with Crippen LogP contribution in [0.15, 0.2) is 42.7 Å². The minimum Gasteiger partial charge on any atom is -0.497 e. The number of urea groups is 1. The summed E-state index contributed by atoms with van der Waals surface area (Å²) in [7, 11) is 1.63. The van der Waals surface area contributed by atoms with Crippen LogP contribution in [0.3, 0.4) is 0 Å². The number of piperazine rings is 1. The number of hydrogen-bond donors (Lipinski definition) is 1. The second kappa shape index (κ2) is 7.06. The second-order valence-corrected chi connectivity index (χ2v) is 7.12. The van der Waals surface area contributed by atoms with Crippen LogP contribution in [-0.2, 0) is 0 Å². The van der Waals surface area contributed by atoms with Crippen molar-refractivity contribution < 1.29 is 13.9 Å². The maximum Gasteiger partial charge on any atom is 0.318 e. The Morgan fingerprint density at radius 2 is 2.19 bits per heavy atom. The Morgan fingerprint density at radius 3 is 2.89 bits per heavy atom. The molecule has 7 heteroatoms. The predicted octanol–water partition coefficient (Wildman–Crippen LogP) is 2.96. The topological polar surface area (TPSA) is 57.7 Å². The standard InChI is InChI=1S/C20H23FN4O2/c1-13(14-4-3-5-17(8-14)27-2)23-20(26)25-12-15-9-16(25)11-24(15)19-6-7-22-10-18(19)21/h3-8,10,13,15-16H,9,11-12H2,1-2H3,(H,23,26)/t13-,15+,16+/m1/s1. The lowest BCUT2D eigenvalue weighted by atomic mass is 10.1. The molecule has 2 fully saturated rings. The van der Waals surface area contributed by atoms with Gasteiger partial charge in [0.2, 0.25) is 0 Å². The van der Waals surface area contributed by atoms with Gasteiger partial charge in [0, 0.05) is 25.3 Å². The van der Waals surface area contributed by atoms with E-state index in [9.17, 15) is 9.18 Å². The van der Waals surface area contributed by atoms with E-state index in [-0.39, 0.29) is 30.0 Å². The summed E-state index contributed by atoms with van der Waals surface area (Å²) in [5.74, 6) is 0.455. The van der Waals surface area contributed by atoms with Gasteiger partial charge in [0.25, 0.3) is 0 Å². The molecule has 1 aromatic carbocycles. The zero-order valence-corrected chi connectivity index (χ0v) is 15.4. The fraction of sp³-hybridized carbons (Fsp3) is 0.400. The molecule has 2 aliphatic heterocycles. The molecule has 0 aliphatic carbocycles. The van der Waals surface area contributed by atoms with Gasteiger partial charge < -0.3 is 19.9 Å². The third-order valence-electron chi connectivity index (χ3n) is 5.50. The second-order valence-electron chi connectivity index (χ2n) is 7.12. The predicted molar refractivity (Wildman–Crippen MR) is 100 cm³/mol. The minimum atomic E-state index is -0.312. The van der Waals surface area contributed by atoms with E-state index in [4.69, 9.17) is 4.74 Å². The lowest BCUT2D eigenvalue weighted by Crippen LogP contribution is -2.52. The zero-order chi connectivity index (χ0) is 19.0. The van der Waals surface area contributed by atoms with Crippen molar-refractivity contribution in [2.75, 3.05) is 25.1 Å². The van der Waals surface area contributed by atoms with Crippen LogP contribution in [0.25, 0.3) is 0 Å². The monoisotopic (exact) mass is 370 g/mol. The average Bonchev–Trinajstić information content (AvgIpc) is 3.29. The van der Waals surface area contributed by atoms with E-state index in [1.807, 2.05) is 36.1 Å². The summed E-state index contributed by atoms with van der Waals surface area (Å²) in [5.41, 5.74) is 1.56. The SMILES string of the molecule is COc1cccc([C@@H](C)NC(=O)N2C[C@@H]3C[C@H]2CN3c2ccncc2F)c1. The molecule has 0 saturated carbocycles. The first-order valence-corrected chi connectivity index (χ1v) is 9.14. The highest BCUT2D eigenvalue weighted by Crippen LogP contribution is 2.35. The number of halogens is 1. The molecular formula is C20H23FN4O2. The van der Waals surface area contributed by atoms with Gasteiger partial charge in [-0.2, -0.15) is 0 Å². The third kappa shape index (κ3) is 3.29. The molecule has 2 amide bonds. The minimum absolute atomic E-state index is 0.0762. The van der Waals surface area contributed by atoms with E-state index in [2.05, 4.69) is 15.2 Å². The number of nitrogens with zero attached hydrogens (tertiary/aromatic N) is 3. The van der Waals surface area contributed by atoms with Gasteiger partial charge in [-0.3, -0.25) is 4.98 Å². The Labute approximate surface area is 157 Å². The van der Waals surface area contributed by atoms with E-state index in [1.165, 1.54) is 6.20 Å². The molecule has 2 bridgehead atoms. The average molecular weight is 370 g/mol. The van der Waals surface area contributed by atoms with Gasteiger partial charge in [0.05, 0.1) is 31.1 Å². The number of likely N-dealkylation sites (tertiary alicyclic amines) is 1. The van der Waals surface area contributed by atoms with Crippen molar-refractivity contribution in [2.45, 2.75) is 31.5 Å². The number of pyridine rings is 1. The molecule has 4 rings (SSSR count). The molecule has 3 heterocycles. The molecule has 1 aromatic heterocycles. The first-order valence-electron chi connectivity index (χ1n) is 9.14. The van der Waals surface area contributed by atoms with Crippen LogP contribution in [0.4, 0.5) is 14.9 Å². The van der Waals surface area contributed by atoms with Crippen LogP contribution in [0.5, 0.6) is 5.75 Å². The molecule has 1 N–H and O–H groups in total. The molecule has 6 nitrogen and oxygen atoms in total. The number of aromatic nitrogens is 1. The Morgan fingerprint density at radius 1 is 1.33 bits per heavy atom. The Balaban J connectivity index is 1.40. The maximum atomic E-state index is 14.0. The highest BCUT2D eigenvalue weighted by Gasteiger charge is 2.46. The molecule has 2 aromatic rings. The van der Waals surface area contributed by atoms with E-state index < -0.39 is 0 Å². The van der Waals surface area contributed by atoms with Gasteiger partial charge in [-0.25, -0.2) is 9.18 Å². The van der Waals surface area contributed by atoms with Crippen molar-refractivity contribution in [1.82, 2.24) is 15.2 Å². The van der Waals surface area contributed by atoms with Crippen LogP contribution >= 0.6 is 0 Å². The summed E-state index contributed by atoms with van der Waals surface area (Å²) in [4.78, 5) is 20.5. The summed E-state index contributed by atoms with van der Waals surface area (Å²) in [5, 5.41) is 3.07. The number of ether oxygens (including phenoxy) is 1. The molecular weight excluding hydrogens is 347 g/mol. The number of fused-ring (bicyclic) bond motifs is 2. The van der Waals surface area contributed by atoms with Crippen LogP contribution in [0.1, 0.15) is 24.9 Å². The number of carbonyl (C=O) groups is 1. The molecule has 0 radical (unpaired) electrons. The highest BCUT2D eigenvalue weighted by atomic mass is 19.1. The number of hydrogen-bond acceptors (Lipinski definition) is 4. The van der Waals surface area contributed by atoms with Gasteiger partial charge in [-0.05, 0) is 37.1 Å². The first-order chi connectivity index (χ1) is 13.1. The zero-order valence-electron chi connectivity index (χ0n) is 15.4. The van der Waals surface area contributed by atoms with Gasteiger partial charge in [0.1, 0.15) is 5.75 Å². The van der Waals surface area contributed by atoms with Gasteiger partial charge in [0.15, 0.2) is 5.82 Å². The summed E-state index contributed by atoms with van der Waals surface area (Å²) in [6, 6.07) is 9.43. The molecule has 3 atom stereocenters. The van der Waals surface area contributed by atoms with Gasteiger partial charge in [-0.15, -0.1) is 0 Å². The van der Waals surface area contributed by atoms with Gasteiger partial charge in [-0.1, -0.05) is 12.1 Å². The third-order valence-corrected chi connectivity index (χ3v) is 5.50. The first kappa shape index (κ1) is 17.6. The quantitative estimate of drug-likeness (QED) is 0.899. The van der Waals surface area contributed by atoms with Crippen LogP contribution in [0, 0.1) is 5.82 Å². The van der Waals surface area contributed by atoms with Crippen molar-refractivity contribution >= 4 is 11.7 Å². The summed E-state index contributed by atoms with van der Waals surface area (Å²) in [6.07, 6.45) is 3.70. The number of rotatable bonds is 4. The normalized spacial score (nSPS) is 22.0. The Kier molecular flexibility index (Phi) is 4.59. The van der Waals surface area contributed by atoms with E-state index >= 15 is 0 Å². The smallest absolute Gasteiger partial charge is 0.318 e. The molecule has 0 unspecified atom stereocenters. The van der Waals surface area contributed by atoms with Crippen LogP contribution in [0.2, 0.25) is 0 Å². The van der Waals surface area contributed by atoms with Crippen LogP contribution < -0.4 is 15.0 Å². The van der Waals surface area contributed by atoms with Gasteiger partial charge >= 0.3 is 6.03 Å². The number of anilines is 1. The summed E-state index contributed by atoms with van der Waals surface area (Å²) < 4.78 is 19.3. The number of methoxy groups -OCH3 is 1. The summed E-state index contributed by atoms with van der Waals surface area (Å²) in [6.45, 7) is 3.20.